The van der Waals surface area contributed by atoms with Crippen LogP contribution in [0.3, 0.4) is 0 Å². The topological polar surface area (TPSA) is 39.9 Å². The molecule has 0 radical (unpaired) electrons. The monoisotopic (exact) mass is 235 g/mol. The van der Waals surface area contributed by atoms with Crippen molar-refractivity contribution in [3.63, 3.8) is 0 Å². The Morgan fingerprint density at radius 1 is 1.31 bits per heavy atom. The number of aromatic nitrogens is 3. The molecule has 0 aliphatic heterocycles. The zero-order valence-electron chi connectivity index (χ0n) is 9.20. The summed E-state index contributed by atoms with van der Waals surface area (Å²) in [6, 6.07) is 10.0. The Kier molecular flexibility index (Phi) is 3.58. The normalized spacial score (nSPS) is 12.6. The minimum atomic E-state index is -0.0661. The largest absolute Gasteiger partial charge is 0.366 e. The van der Waals surface area contributed by atoms with Gasteiger partial charge < -0.3 is 4.74 Å². The van der Waals surface area contributed by atoms with E-state index in [-0.39, 0.29) is 5.44 Å². The maximum Gasteiger partial charge on any atom is 0.211 e. The van der Waals surface area contributed by atoms with E-state index >= 15 is 0 Å². The lowest BCUT2D eigenvalue weighted by Crippen LogP contribution is -1.97. The molecule has 84 valence electrons. The Morgan fingerprint density at radius 3 is 2.62 bits per heavy atom. The highest BCUT2D eigenvalue weighted by atomic mass is 32.2. The van der Waals surface area contributed by atoms with E-state index < -0.39 is 0 Å². The predicted octanol–water partition coefficient (Wildman–Crippen LogP) is 2.25. The molecule has 1 unspecified atom stereocenters. The third kappa shape index (κ3) is 2.62. The van der Waals surface area contributed by atoms with Gasteiger partial charge in [0.1, 0.15) is 11.8 Å². The number of nitrogens with zero attached hydrogens (tertiary/aromatic N) is 3. The molecule has 0 aliphatic rings. The van der Waals surface area contributed by atoms with E-state index in [2.05, 4.69) is 10.1 Å². The number of hydrogen-bond acceptors (Lipinski definition) is 4. The van der Waals surface area contributed by atoms with Crippen LogP contribution >= 0.6 is 11.8 Å². The van der Waals surface area contributed by atoms with Gasteiger partial charge in [-0.25, -0.2) is 4.98 Å². The molecule has 0 N–H and O–H groups in total. The van der Waals surface area contributed by atoms with Crippen LogP contribution < -0.4 is 0 Å². The van der Waals surface area contributed by atoms with E-state index in [1.165, 1.54) is 11.8 Å². The Morgan fingerprint density at radius 2 is 2.06 bits per heavy atom. The average Bonchev–Trinajstić information content (AvgIpc) is 2.73. The van der Waals surface area contributed by atoms with E-state index in [1.807, 2.05) is 37.4 Å². The van der Waals surface area contributed by atoms with Crippen molar-refractivity contribution in [2.24, 2.45) is 7.05 Å². The van der Waals surface area contributed by atoms with Crippen LogP contribution in [0.15, 0.2) is 41.8 Å². The molecule has 1 aromatic carbocycles. The Labute approximate surface area is 98.6 Å². The summed E-state index contributed by atoms with van der Waals surface area (Å²) in [5, 5.41) is 4.93. The van der Waals surface area contributed by atoms with Crippen molar-refractivity contribution in [3.8, 4) is 0 Å². The smallest absolute Gasteiger partial charge is 0.211 e. The van der Waals surface area contributed by atoms with Crippen molar-refractivity contribution < 1.29 is 4.74 Å². The first-order valence-corrected chi connectivity index (χ1v) is 5.77. The maximum atomic E-state index is 5.42. The Hall–Kier alpha value is -1.33. The molecule has 2 rings (SSSR count). The van der Waals surface area contributed by atoms with Crippen LogP contribution in [0.1, 0.15) is 11.0 Å². The summed E-state index contributed by atoms with van der Waals surface area (Å²) in [6.07, 6.45) is 1.68. The minimum Gasteiger partial charge on any atom is -0.366 e. The molecule has 4 nitrogen and oxygen atoms in total. The van der Waals surface area contributed by atoms with Gasteiger partial charge in [0, 0.05) is 14.2 Å². The second-order valence-corrected chi connectivity index (χ2v) is 4.33. The molecule has 1 atom stereocenters. The SMILES string of the molecule is COC(Sc1ncn(C)n1)c1ccccc1. The van der Waals surface area contributed by atoms with Gasteiger partial charge in [-0.2, -0.15) is 0 Å². The first-order chi connectivity index (χ1) is 7.79. The number of thioether (sulfide) groups is 1. The lowest BCUT2D eigenvalue weighted by atomic mass is 10.2. The van der Waals surface area contributed by atoms with Crippen LogP contribution in [0.5, 0.6) is 0 Å². The number of rotatable bonds is 4. The Bertz CT molecular complexity index is 444. The summed E-state index contributed by atoms with van der Waals surface area (Å²) >= 11 is 1.50. The van der Waals surface area contributed by atoms with Crippen LogP contribution in [0.4, 0.5) is 0 Å². The van der Waals surface area contributed by atoms with Gasteiger partial charge in [-0.05, 0) is 17.3 Å². The fraction of sp³-hybridized carbons (Fsp3) is 0.273. The molecule has 0 saturated heterocycles. The van der Waals surface area contributed by atoms with Crippen molar-refractivity contribution in [1.82, 2.24) is 14.8 Å². The quantitative estimate of drug-likeness (QED) is 0.602. The summed E-state index contributed by atoms with van der Waals surface area (Å²) < 4.78 is 7.10. The molecule has 0 saturated carbocycles. The van der Waals surface area contributed by atoms with Crippen LogP contribution in [0.2, 0.25) is 0 Å². The van der Waals surface area contributed by atoms with E-state index in [1.54, 1.807) is 18.1 Å². The van der Waals surface area contributed by atoms with Gasteiger partial charge >= 0.3 is 0 Å². The molecule has 5 heteroatoms. The van der Waals surface area contributed by atoms with E-state index in [0.29, 0.717) is 0 Å². The molecule has 0 aliphatic carbocycles. The first kappa shape index (κ1) is 11.2. The molecular weight excluding hydrogens is 222 g/mol. The van der Waals surface area contributed by atoms with Gasteiger partial charge in [0.25, 0.3) is 0 Å². The number of aryl methyl sites for hydroxylation is 1. The average molecular weight is 235 g/mol. The zero-order chi connectivity index (χ0) is 11.4. The number of hydrogen-bond donors (Lipinski definition) is 0. The van der Waals surface area contributed by atoms with Gasteiger partial charge in [-0.1, -0.05) is 30.3 Å². The summed E-state index contributed by atoms with van der Waals surface area (Å²) in [7, 11) is 3.54. The number of benzene rings is 1. The van der Waals surface area contributed by atoms with E-state index in [0.717, 1.165) is 10.7 Å². The summed E-state index contributed by atoms with van der Waals surface area (Å²) in [4.78, 5) is 4.16. The molecule has 16 heavy (non-hydrogen) atoms. The third-order valence-corrected chi connectivity index (χ3v) is 3.15. The molecular formula is C11H13N3OS. The Balaban J connectivity index is 2.12. The molecule has 0 spiro atoms. The highest BCUT2D eigenvalue weighted by Crippen LogP contribution is 2.33. The number of ether oxygens (including phenoxy) is 1. The van der Waals surface area contributed by atoms with Gasteiger partial charge in [0.15, 0.2) is 0 Å². The highest BCUT2D eigenvalue weighted by molar-refractivity contribution is 7.99. The lowest BCUT2D eigenvalue weighted by Gasteiger charge is -2.12. The van der Waals surface area contributed by atoms with Crippen LogP contribution in [0, 0.1) is 0 Å². The summed E-state index contributed by atoms with van der Waals surface area (Å²) in [5.74, 6) is 0. The number of methoxy groups -OCH3 is 1. The van der Waals surface area contributed by atoms with Gasteiger partial charge in [-0.3, -0.25) is 4.68 Å². The highest BCUT2D eigenvalue weighted by Gasteiger charge is 2.14. The van der Waals surface area contributed by atoms with Crippen molar-refractivity contribution in [2.75, 3.05) is 7.11 Å². The van der Waals surface area contributed by atoms with Crippen molar-refractivity contribution in [1.29, 1.82) is 0 Å². The van der Waals surface area contributed by atoms with Crippen LogP contribution in [-0.4, -0.2) is 21.9 Å². The fourth-order valence-corrected chi connectivity index (χ4v) is 2.20. The standard InChI is InChI=1S/C11H13N3OS/c1-14-8-12-11(13-14)16-10(15-2)9-6-4-3-5-7-9/h3-8,10H,1-2H3. The zero-order valence-corrected chi connectivity index (χ0v) is 10.0. The van der Waals surface area contributed by atoms with Crippen molar-refractivity contribution >= 4 is 11.8 Å². The fourth-order valence-electron chi connectivity index (χ4n) is 1.33. The van der Waals surface area contributed by atoms with Gasteiger partial charge in [-0.15, -0.1) is 5.10 Å². The molecule has 1 aromatic heterocycles. The van der Waals surface area contributed by atoms with E-state index in [9.17, 15) is 0 Å². The van der Waals surface area contributed by atoms with E-state index in [4.69, 9.17) is 4.74 Å². The van der Waals surface area contributed by atoms with Gasteiger partial charge in [0.2, 0.25) is 5.16 Å². The minimum absolute atomic E-state index is 0.0661. The van der Waals surface area contributed by atoms with Crippen LogP contribution in [0.25, 0.3) is 0 Å². The predicted molar refractivity (Wildman–Crippen MR) is 63.1 cm³/mol. The molecule has 2 aromatic rings. The van der Waals surface area contributed by atoms with Crippen molar-refractivity contribution in [3.05, 3.63) is 42.2 Å². The van der Waals surface area contributed by atoms with Crippen molar-refractivity contribution in [2.45, 2.75) is 10.6 Å². The first-order valence-electron chi connectivity index (χ1n) is 4.89. The maximum absolute atomic E-state index is 5.42. The van der Waals surface area contributed by atoms with Crippen LogP contribution in [-0.2, 0) is 11.8 Å². The lowest BCUT2D eigenvalue weighted by molar-refractivity contribution is 0.175. The molecule has 0 amide bonds. The molecule has 1 heterocycles. The summed E-state index contributed by atoms with van der Waals surface area (Å²) in [6.45, 7) is 0. The molecule has 0 fully saturated rings. The summed E-state index contributed by atoms with van der Waals surface area (Å²) in [5.41, 5.74) is 1.05. The van der Waals surface area contributed by atoms with Gasteiger partial charge in [0.05, 0.1) is 0 Å². The second kappa shape index (κ2) is 5.14. The third-order valence-electron chi connectivity index (χ3n) is 2.08. The molecule has 0 bridgehead atoms. The second-order valence-electron chi connectivity index (χ2n) is 3.30.